The maximum Gasteiger partial charge on any atom is 0.324 e. The Morgan fingerprint density at radius 1 is 1.06 bits per heavy atom. The summed E-state index contributed by atoms with van der Waals surface area (Å²) in [5.74, 6) is 0.291. The fourth-order valence-corrected chi connectivity index (χ4v) is 7.20. The first-order valence-electron chi connectivity index (χ1n) is 11.5. The van der Waals surface area contributed by atoms with Crippen molar-refractivity contribution in [3.05, 3.63) is 45.3 Å². The van der Waals surface area contributed by atoms with Crippen LogP contribution in [0.25, 0.3) is 0 Å². The van der Waals surface area contributed by atoms with Crippen molar-refractivity contribution in [1.29, 1.82) is 0 Å². The third-order valence-electron chi connectivity index (χ3n) is 7.19. The normalized spacial score (nSPS) is 23.0. The SMILES string of the molecule is NC(=O)c1c(NC(=O)Nc2ccc(Cl)cc2)sc2c1C1CCC(C2)N1CC1CCCCC1. The molecule has 4 N–H and O–H groups in total. The topological polar surface area (TPSA) is 87.5 Å². The van der Waals surface area contributed by atoms with E-state index in [0.29, 0.717) is 27.3 Å². The maximum atomic E-state index is 12.6. The van der Waals surface area contributed by atoms with Crippen molar-refractivity contribution in [3.8, 4) is 0 Å². The number of hydrogen-bond acceptors (Lipinski definition) is 4. The molecule has 3 heterocycles. The number of nitrogens with two attached hydrogens (primary N) is 1. The fraction of sp³-hybridized carbons (Fsp3) is 0.500. The molecule has 32 heavy (non-hydrogen) atoms. The van der Waals surface area contributed by atoms with Gasteiger partial charge >= 0.3 is 6.03 Å². The van der Waals surface area contributed by atoms with Gasteiger partial charge in [0.2, 0.25) is 0 Å². The van der Waals surface area contributed by atoms with Crippen LogP contribution in [0.4, 0.5) is 15.5 Å². The molecule has 3 aliphatic rings. The summed E-state index contributed by atoms with van der Waals surface area (Å²) in [4.78, 5) is 29.0. The van der Waals surface area contributed by atoms with Crippen molar-refractivity contribution < 1.29 is 9.59 Å². The van der Waals surface area contributed by atoms with E-state index in [2.05, 4.69) is 15.5 Å². The Labute approximate surface area is 197 Å². The Bertz CT molecular complexity index is 1020. The first kappa shape index (κ1) is 21.7. The quantitative estimate of drug-likeness (QED) is 0.514. The number of benzene rings is 1. The van der Waals surface area contributed by atoms with E-state index in [1.807, 2.05) is 0 Å². The fourth-order valence-electron chi connectivity index (χ4n) is 5.75. The molecule has 2 aromatic rings. The van der Waals surface area contributed by atoms with Gasteiger partial charge in [0.15, 0.2) is 0 Å². The van der Waals surface area contributed by atoms with Crippen molar-refractivity contribution >= 4 is 45.6 Å². The van der Waals surface area contributed by atoms with E-state index in [1.54, 1.807) is 24.3 Å². The number of carbonyl (C=O) groups is 2. The molecule has 8 heteroatoms. The number of fused-ring (bicyclic) bond motifs is 4. The number of thiophene rings is 1. The first-order valence-corrected chi connectivity index (χ1v) is 12.7. The molecule has 1 saturated heterocycles. The van der Waals surface area contributed by atoms with Gasteiger partial charge in [-0.2, -0.15) is 0 Å². The number of primary amides is 1. The van der Waals surface area contributed by atoms with Gasteiger partial charge < -0.3 is 11.1 Å². The van der Waals surface area contributed by atoms with Gasteiger partial charge in [-0.25, -0.2) is 4.79 Å². The van der Waals surface area contributed by atoms with Crippen molar-refractivity contribution in [2.45, 2.75) is 63.5 Å². The Morgan fingerprint density at radius 2 is 1.81 bits per heavy atom. The molecule has 3 amide bonds. The molecule has 2 fully saturated rings. The van der Waals surface area contributed by atoms with Crippen LogP contribution in [-0.2, 0) is 6.42 Å². The molecule has 0 radical (unpaired) electrons. The average molecular weight is 473 g/mol. The van der Waals surface area contributed by atoms with Crippen molar-refractivity contribution in [3.63, 3.8) is 0 Å². The Kier molecular flexibility index (Phi) is 6.14. The van der Waals surface area contributed by atoms with Crippen molar-refractivity contribution in [2.24, 2.45) is 11.7 Å². The molecule has 5 rings (SSSR count). The number of carbonyl (C=O) groups excluding carboxylic acids is 2. The molecule has 2 unspecified atom stereocenters. The zero-order valence-electron chi connectivity index (χ0n) is 18.0. The number of halogens is 1. The van der Waals surface area contributed by atoms with E-state index in [1.165, 1.54) is 48.3 Å². The molecule has 6 nitrogen and oxygen atoms in total. The highest BCUT2D eigenvalue weighted by Gasteiger charge is 2.44. The minimum absolute atomic E-state index is 0.235. The van der Waals surface area contributed by atoms with E-state index in [4.69, 9.17) is 17.3 Å². The number of rotatable bonds is 5. The van der Waals surface area contributed by atoms with Crippen LogP contribution in [0.5, 0.6) is 0 Å². The molecule has 2 bridgehead atoms. The van der Waals surface area contributed by atoms with Crippen LogP contribution in [0.3, 0.4) is 0 Å². The molecule has 170 valence electrons. The molecular weight excluding hydrogens is 444 g/mol. The van der Waals surface area contributed by atoms with Crippen LogP contribution in [0.2, 0.25) is 5.02 Å². The van der Waals surface area contributed by atoms with Crippen LogP contribution in [0, 0.1) is 5.92 Å². The Balaban J connectivity index is 1.37. The first-order chi connectivity index (χ1) is 15.5. The number of amides is 3. The molecule has 1 aromatic heterocycles. The number of anilines is 2. The van der Waals surface area contributed by atoms with Crippen molar-refractivity contribution in [2.75, 3.05) is 17.2 Å². The van der Waals surface area contributed by atoms with E-state index >= 15 is 0 Å². The summed E-state index contributed by atoms with van der Waals surface area (Å²) in [7, 11) is 0. The largest absolute Gasteiger partial charge is 0.365 e. The number of hydrogen-bond donors (Lipinski definition) is 3. The third-order valence-corrected chi connectivity index (χ3v) is 8.58. The van der Waals surface area contributed by atoms with Gasteiger partial charge in [-0.1, -0.05) is 30.9 Å². The summed E-state index contributed by atoms with van der Waals surface area (Å²) in [5, 5.41) is 6.84. The van der Waals surface area contributed by atoms with Gasteiger partial charge in [0.25, 0.3) is 5.91 Å². The number of nitrogens with one attached hydrogen (secondary N) is 2. The average Bonchev–Trinajstić information content (AvgIpc) is 3.26. The van der Waals surface area contributed by atoms with Crippen molar-refractivity contribution in [1.82, 2.24) is 4.90 Å². The highest BCUT2D eigenvalue weighted by molar-refractivity contribution is 7.17. The van der Waals surface area contributed by atoms with Gasteiger partial charge in [-0.15, -0.1) is 11.3 Å². The molecule has 1 saturated carbocycles. The zero-order valence-corrected chi connectivity index (χ0v) is 19.6. The van der Waals surface area contributed by atoms with Gasteiger partial charge in [-0.05, 0) is 67.9 Å². The molecule has 1 aliphatic carbocycles. The molecule has 2 atom stereocenters. The van der Waals surface area contributed by atoms with Crippen LogP contribution in [0.1, 0.15) is 71.8 Å². The Morgan fingerprint density at radius 3 is 2.53 bits per heavy atom. The van der Waals surface area contributed by atoms with Gasteiger partial charge in [0.05, 0.1) is 5.56 Å². The second kappa shape index (κ2) is 9.04. The lowest BCUT2D eigenvalue weighted by molar-refractivity contribution is 0.0992. The van der Waals surface area contributed by atoms with E-state index in [9.17, 15) is 9.59 Å². The highest BCUT2D eigenvalue weighted by atomic mass is 35.5. The molecular formula is C24H29ClN4O2S. The second-order valence-electron chi connectivity index (χ2n) is 9.25. The monoisotopic (exact) mass is 472 g/mol. The zero-order chi connectivity index (χ0) is 22.2. The predicted octanol–water partition coefficient (Wildman–Crippen LogP) is 5.79. The lowest BCUT2D eigenvalue weighted by atomic mass is 9.87. The van der Waals surface area contributed by atoms with E-state index in [0.717, 1.165) is 37.3 Å². The minimum atomic E-state index is -0.466. The molecule has 2 aliphatic heterocycles. The highest BCUT2D eigenvalue weighted by Crippen LogP contribution is 2.50. The minimum Gasteiger partial charge on any atom is -0.365 e. The van der Waals surface area contributed by atoms with E-state index < -0.39 is 11.9 Å². The lowest BCUT2D eigenvalue weighted by Crippen LogP contribution is -2.41. The third kappa shape index (κ3) is 4.26. The Hall–Kier alpha value is -2.09. The van der Waals surface area contributed by atoms with Crippen LogP contribution >= 0.6 is 22.9 Å². The summed E-state index contributed by atoms with van der Waals surface area (Å²) in [5.41, 5.74) is 8.04. The summed E-state index contributed by atoms with van der Waals surface area (Å²) >= 11 is 7.42. The predicted molar refractivity (Wildman–Crippen MR) is 130 cm³/mol. The van der Waals surface area contributed by atoms with Crippen LogP contribution in [0.15, 0.2) is 24.3 Å². The number of urea groups is 1. The smallest absolute Gasteiger partial charge is 0.324 e. The maximum absolute atomic E-state index is 12.6. The van der Waals surface area contributed by atoms with Gasteiger partial charge in [-0.3, -0.25) is 15.0 Å². The summed E-state index contributed by atoms with van der Waals surface area (Å²) in [6.45, 7) is 1.11. The lowest BCUT2D eigenvalue weighted by Gasteiger charge is -2.38. The second-order valence-corrected chi connectivity index (χ2v) is 10.8. The molecule has 1 aromatic carbocycles. The summed E-state index contributed by atoms with van der Waals surface area (Å²) in [6.07, 6.45) is 9.80. The molecule has 0 spiro atoms. The number of nitrogens with zero attached hydrogens (tertiary/aromatic N) is 1. The van der Waals surface area contributed by atoms with Gasteiger partial charge in [0, 0.05) is 34.2 Å². The standard InChI is InChI=1S/C24H29ClN4O2S/c25-15-6-8-16(9-7-15)27-24(31)28-23-21(22(26)30)20-18-11-10-17(12-19(20)32-23)29(18)13-14-4-2-1-3-5-14/h6-9,14,17-18H,1-5,10-13H2,(H2,26,30)(H2,27,28,31). The van der Waals surface area contributed by atoms with Crippen LogP contribution in [-0.4, -0.2) is 29.4 Å². The van der Waals surface area contributed by atoms with Gasteiger partial charge in [0.1, 0.15) is 5.00 Å². The summed E-state index contributed by atoms with van der Waals surface area (Å²) < 4.78 is 0. The summed E-state index contributed by atoms with van der Waals surface area (Å²) in [6, 6.07) is 7.28. The van der Waals surface area contributed by atoms with Crippen LogP contribution < -0.4 is 16.4 Å². The van der Waals surface area contributed by atoms with E-state index in [-0.39, 0.29) is 6.04 Å².